The van der Waals surface area contributed by atoms with Gasteiger partial charge in [0, 0.05) is 6.07 Å². The van der Waals surface area contributed by atoms with Crippen molar-refractivity contribution in [2.24, 2.45) is 0 Å². The van der Waals surface area contributed by atoms with Crippen molar-refractivity contribution in [1.82, 2.24) is 0 Å². The highest BCUT2D eigenvalue weighted by molar-refractivity contribution is 9.10. The van der Waals surface area contributed by atoms with Gasteiger partial charge in [-0.05, 0) is 40.2 Å². The lowest BCUT2D eigenvalue weighted by atomic mass is 10.2. The predicted octanol–water partition coefficient (Wildman–Crippen LogP) is 3.99. The maximum atomic E-state index is 13.8. The second-order valence-electron chi connectivity index (χ2n) is 3.90. The zero-order valence-corrected chi connectivity index (χ0v) is 12.0. The van der Waals surface area contributed by atoms with Crippen LogP contribution in [-0.4, -0.2) is 13.0 Å². The van der Waals surface area contributed by atoms with Crippen molar-refractivity contribution in [3.05, 3.63) is 58.1 Å². The van der Waals surface area contributed by atoms with Crippen LogP contribution >= 0.6 is 15.9 Å². The Labute approximate surface area is 122 Å². The smallest absolute Gasteiger partial charge is 0.258 e. The Balaban J connectivity index is 2.30. The van der Waals surface area contributed by atoms with E-state index in [1.807, 2.05) is 0 Å². The number of hydrogen-bond donors (Lipinski definition) is 1. The van der Waals surface area contributed by atoms with E-state index in [1.165, 1.54) is 31.4 Å². The van der Waals surface area contributed by atoms with Gasteiger partial charge in [-0.25, -0.2) is 8.78 Å². The summed E-state index contributed by atoms with van der Waals surface area (Å²) >= 11 is 3.01. The Hall–Kier alpha value is -1.95. The molecule has 1 amide bonds. The first kappa shape index (κ1) is 14.5. The van der Waals surface area contributed by atoms with Gasteiger partial charge in [-0.15, -0.1) is 0 Å². The van der Waals surface area contributed by atoms with Crippen LogP contribution in [0.15, 0.2) is 40.9 Å². The molecule has 6 heteroatoms. The molecule has 0 radical (unpaired) electrons. The SMILES string of the molecule is COc1cc(F)ccc1NC(=O)c1cccc(Br)c1F. The highest BCUT2D eigenvalue weighted by Gasteiger charge is 2.15. The fourth-order valence-electron chi connectivity index (χ4n) is 1.64. The van der Waals surface area contributed by atoms with Crippen LogP contribution in [0.2, 0.25) is 0 Å². The molecule has 0 fully saturated rings. The molecule has 0 spiro atoms. The summed E-state index contributed by atoms with van der Waals surface area (Å²) in [5, 5.41) is 2.48. The number of carbonyl (C=O) groups is 1. The van der Waals surface area contributed by atoms with E-state index in [2.05, 4.69) is 21.2 Å². The molecule has 3 nitrogen and oxygen atoms in total. The Morgan fingerprint density at radius 3 is 2.70 bits per heavy atom. The van der Waals surface area contributed by atoms with Gasteiger partial charge in [0.2, 0.25) is 0 Å². The molecule has 20 heavy (non-hydrogen) atoms. The number of hydrogen-bond acceptors (Lipinski definition) is 2. The van der Waals surface area contributed by atoms with Gasteiger partial charge in [0.05, 0.1) is 22.8 Å². The van der Waals surface area contributed by atoms with Crippen molar-refractivity contribution in [3.8, 4) is 5.75 Å². The van der Waals surface area contributed by atoms with Gasteiger partial charge < -0.3 is 10.1 Å². The Morgan fingerprint density at radius 2 is 2.00 bits per heavy atom. The van der Waals surface area contributed by atoms with Crippen molar-refractivity contribution in [2.75, 3.05) is 12.4 Å². The number of halogens is 3. The molecule has 0 bridgehead atoms. The Kier molecular flexibility index (Phi) is 4.34. The highest BCUT2D eigenvalue weighted by atomic mass is 79.9. The van der Waals surface area contributed by atoms with E-state index in [4.69, 9.17) is 4.74 Å². The number of methoxy groups -OCH3 is 1. The Morgan fingerprint density at radius 1 is 1.25 bits per heavy atom. The van der Waals surface area contributed by atoms with Crippen LogP contribution in [0.5, 0.6) is 5.75 Å². The number of anilines is 1. The maximum absolute atomic E-state index is 13.8. The molecule has 0 aromatic heterocycles. The van der Waals surface area contributed by atoms with E-state index < -0.39 is 17.5 Å². The highest BCUT2D eigenvalue weighted by Crippen LogP contribution is 2.26. The van der Waals surface area contributed by atoms with Gasteiger partial charge in [0.15, 0.2) is 0 Å². The quantitative estimate of drug-likeness (QED) is 0.916. The number of benzene rings is 2. The lowest BCUT2D eigenvalue weighted by molar-refractivity contribution is 0.102. The standard InChI is InChI=1S/C14H10BrF2NO2/c1-20-12-7-8(16)5-6-11(12)18-14(19)9-3-2-4-10(15)13(9)17/h2-7H,1H3,(H,18,19). The summed E-state index contributed by atoms with van der Waals surface area (Å²) in [6.45, 7) is 0. The van der Waals surface area contributed by atoms with Gasteiger partial charge in [-0.3, -0.25) is 4.79 Å². The minimum Gasteiger partial charge on any atom is -0.494 e. The number of carbonyl (C=O) groups excluding carboxylic acids is 1. The molecule has 0 heterocycles. The van der Waals surface area contributed by atoms with E-state index in [0.717, 1.165) is 6.07 Å². The molecule has 0 aliphatic heterocycles. The molecule has 1 N–H and O–H groups in total. The summed E-state index contributed by atoms with van der Waals surface area (Å²) in [5.41, 5.74) is 0.143. The summed E-state index contributed by atoms with van der Waals surface area (Å²) in [5.74, 6) is -1.64. The van der Waals surface area contributed by atoms with Gasteiger partial charge in [-0.1, -0.05) is 6.07 Å². The second-order valence-corrected chi connectivity index (χ2v) is 4.75. The zero-order chi connectivity index (χ0) is 14.7. The van der Waals surface area contributed by atoms with Crippen molar-refractivity contribution in [2.45, 2.75) is 0 Å². The minimum absolute atomic E-state index is 0.120. The lowest BCUT2D eigenvalue weighted by Crippen LogP contribution is -2.14. The second kappa shape index (κ2) is 6.00. The molecule has 0 unspecified atom stereocenters. The topological polar surface area (TPSA) is 38.3 Å². The zero-order valence-electron chi connectivity index (χ0n) is 10.4. The first-order valence-electron chi connectivity index (χ1n) is 5.62. The molecule has 2 rings (SSSR count). The summed E-state index contributed by atoms with van der Waals surface area (Å²) < 4.78 is 32.0. The fourth-order valence-corrected chi connectivity index (χ4v) is 2.00. The lowest BCUT2D eigenvalue weighted by Gasteiger charge is -2.11. The average molecular weight is 342 g/mol. The molecular weight excluding hydrogens is 332 g/mol. The average Bonchev–Trinajstić information content (AvgIpc) is 2.43. The normalized spacial score (nSPS) is 10.2. The third-order valence-electron chi connectivity index (χ3n) is 2.61. The number of amides is 1. The van der Waals surface area contributed by atoms with Crippen molar-refractivity contribution in [3.63, 3.8) is 0 Å². The number of ether oxygens (including phenoxy) is 1. The summed E-state index contributed by atoms with van der Waals surface area (Å²) in [6, 6.07) is 8.05. The van der Waals surface area contributed by atoms with Crippen LogP contribution in [-0.2, 0) is 0 Å². The van der Waals surface area contributed by atoms with Crippen LogP contribution in [0, 0.1) is 11.6 Å². The molecule has 0 saturated carbocycles. The predicted molar refractivity (Wildman–Crippen MR) is 75.0 cm³/mol. The van der Waals surface area contributed by atoms with E-state index >= 15 is 0 Å². The monoisotopic (exact) mass is 341 g/mol. The molecular formula is C14H10BrF2NO2. The van der Waals surface area contributed by atoms with Crippen LogP contribution in [0.3, 0.4) is 0 Å². The largest absolute Gasteiger partial charge is 0.494 e. The molecule has 0 saturated heterocycles. The van der Waals surface area contributed by atoms with Crippen LogP contribution in [0.4, 0.5) is 14.5 Å². The van der Waals surface area contributed by atoms with E-state index in [1.54, 1.807) is 6.07 Å². The number of nitrogens with one attached hydrogen (secondary N) is 1. The van der Waals surface area contributed by atoms with E-state index in [-0.39, 0.29) is 21.5 Å². The third kappa shape index (κ3) is 2.96. The van der Waals surface area contributed by atoms with Crippen molar-refractivity contribution >= 4 is 27.5 Å². The van der Waals surface area contributed by atoms with Crippen LogP contribution in [0.25, 0.3) is 0 Å². The first-order valence-corrected chi connectivity index (χ1v) is 6.41. The van der Waals surface area contributed by atoms with Gasteiger partial charge >= 0.3 is 0 Å². The summed E-state index contributed by atoms with van der Waals surface area (Å²) in [4.78, 5) is 12.0. The molecule has 104 valence electrons. The molecule has 0 aliphatic carbocycles. The van der Waals surface area contributed by atoms with Crippen molar-refractivity contribution in [1.29, 1.82) is 0 Å². The van der Waals surface area contributed by atoms with Gasteiger partial charge in [0.25, 0.3) is 5.91 Å². The van der Waals surface area contributed by atoms with Crippen LogP contribution < -0.4 is 10.1 Å². The molecule has 2 aromatic rings. The summed E-state index contributed by atoms with van der Waals surface area (Å²) in [6.07, 6.45) is 0. The molecule has 0 atom stereocenters. The molecule has 2 aromatic carbocycles. The van der Waals surface area contributed by atoms with Crippen molar-refractivity contribution < 1.29 is 18.3 Å². The maximum Gasteiger partial charge on any atom is 0.258 e. The number of rotatable bonds is 3. The van der Waals surface area contributed by atoms with Gasteiger partial charge in [-0.2, -0.15) is 0 Å². The Bertz CT molecular complexity index is 662. The van der Waals surface area contributed by atoms with Gasteiger partial charge in [0.1, 0.15) is 17.4 Å². The van der Waals surface area contributed by atoms with E-state index in [0.29, 0.717) is 0 Å². The fraction of sp³-hybridized carbons (Fsp3) is 0.0714. The van der Waals surface area contributed by atoms with Crippen LogP contribution in [0.1, 0.15) is 10.4 Å². The summed E-state index contributed by atoms with van der Waals surface area (Å²) in [7, 11) is 1.35. The first-order chi connectivity index (χ1) is 9.52. The minimum atomic E-state index is -0.661. The molecule has 0 aliphatic rings. The third-order valence-corrected chi connectivity index (χ3v) is 3.22. The van der Waals surface area contributed by atoms with E-state index in [9.17, 15) is 13.6 Å².